The first-order valence-corrected chi connectivity index (χ1v) is 8.99. The van der Waals surface area contributed by atoms with Gasteiger partial charge in [-0.1, -0.05) is 78.7 Å². The molecule has 0 unspecified atom stereocenters. The number of aliphatic imine (C=N–C) groups is 2. The van der Waals surface area contributed by atoms with Gasteiger partial charge in [-0.2, -0.15) is 0 Å². The van der Waals surface area contributed by atoms with Crippen LogP contribution in [0.25, 0.3) is 0 Å². The molecule has 2 nitrogen and oxygen atoms in total. The molecule has 0 aliphatic heterocycles. The van der Waals surface area contributed by atoms with E-state index in [4.69, 9.17) is 0 Å². The molecular formula is C19H36N2. The van der Waals surface area contributed by atoms with Gasteiger partial charge in [0.1, 0.15) is 6.34 Å². The highest BCUT2D eigenvalue weighted by Crippen LogP contribution is 2.21. The Morgan fingerprint density at radius 1 is 0.905 bits per heavy atom. The van der Waals surface area contributed by atoms with Crippen LogP contribution in [0.2, 0.25) is 0 Å². The van der Waals surface area contributed by atoms with Crippen LogP contribution in [-0.2, 0) is 0 Å². The van der Waals surface area contributed by atoms with Crippen LogP contribution in [0.5, 0.6) is 0 Å². The van der Waals surface area contributed by atoms with Crippen LogP contribution in [0.4, 0.5) is 0 Å². The Balaban J connectivity index is 4.45. The largest absolute Gasteiger partial charge is 0.246 e. The predicted molar refractivity (Wildman–Crippen MR) is 97.4 cm³/mol. The predicted octanol–water partition coefficient (Wildman–Crippen LogP) is 6.57. The van der Waals surface area contributed by atoms with Gasteiger partial charge in [-0.25, -0.2) is 9.98 Å². The second-order valence-electron chi connectivity index (χ2n) is 5.82. The highest BCUT2D eigenvalue weighted by atomic mass is 14.8. The summed E-state index contributed by atoms with van der Waals surface area (Å²) in [7, 11) is 0. The molecule has 0 N–H and O–H groups in total. The summed E-state index contributed by atoms with van der Waals surface area (Å²) in [5.41, 5.74) is 1.33. The fourth-order valence-corrected chi connectivity index (χ4v) is 2.75. The maximum atomic E-state index is 4.58. The molecule has 0 saturated heterocycles. The van der Waals surface area contributed by atoms with Gasteiger partial charge in [-0.05, 0) is 25.2 Å². The highest BCUT2D eigenvalue weighted by Gasteiger charge is 2.13. The summed E-state index contributed by atoms with van der Waals surface area (Å²) in [5, 5.41) is 0. The van der Waals surface area contributed by atoms with Crippen LogP contribution < -0.4 is 0 Å². The van der Waals surface area contributed by atoms with Crippen molar-refractivity contribution in [1.29, 1.82) is 0 Å². The molecule has 0 spiro atoms. The second-order valence-corrected chi connectivity index (χ2v) is 5.82. The second kappa shape index (κ2) is 15.5. The van der Waals surface area contributed by atoms with E-state index in [-0.39, 0.29) is 0 Å². The van der Waals surface area contributed by atoms with Crippen molar-refractivity contribution >= 4 is 12.1 Å². The standard InChI is InChI=1S/C19H36N2/c1-5-9-11-13-15-18(16-14-12-10-6-2)19(7-3)21-17-20-8-4/h8,17-18H,4-7,9-16H2,1-3H3/b20-17-,21-19+. The molecule has 0 aromatic rings. The molecule has 0 aliphatic rings. The van der Waals surface area contributed by atoms with Crippen LogP contribution in [0, 0.1) is 5.92 Å². The first kappa shape index (κ1) is 20.1. The Morgan fingerprint density at radius 2 is 1.48 bits per heavy atom. The quantitative estimate of drug-likeness (QED) is 0.196. The zero-order valence-corrected chi connectivity index (χ0v) is 14.6. The molecule has 2 heteroatoms. The van der Waals surface area contributed by atoms with Gasteiger partial charge >= 0.3 is 0 Å². The van der Waals surface area contributed by atoms with Crippen LogP contribution >= 0.6 is 0 Å². The summed E-state index contributed by atoms with van der Waals surface area (Å²) in [6.07, 6.45) is 17.6. The average Bonchev–Trinajstić information content (AvgIpc) is 2.50. The van der Waals surface area contributed by atoms with Crippen molar-refractivity contribution in [2.45, 2.75) is 91.4 Å². The number of hydrogen-bond donors (Lipinski definition) is 0. The molecule has 0 aromatic heterocycles. The molecular weight excluding hydrogens is 256 g/mol. The molecule has 122 valence electrons. The minimum absolute atomic E-state index is 0.653. The third-order valence-electron chi connectivity index (χ3n) is 4.04. The van der Waals surface area contributed by atoms with Crippen LogP contribution in [0.15, 0.2) is 22.8 Å². The Morgan fingerprint density at radius 3 is 1.90 bits per heavy atom. The van der Waals surface area contributed by atoms with Crippen LogP contribution in [0.1, 0.15) is 91.4 Å². The molecule has 0 heterocycles. The van der Waals surface area contributed by atoms with Gasteiger partial charge < -0.3 is 0 Å². The maximum absolute atomic E-state index is 4.58. The number of hydrogen-bond acceptors (Lipinski definition) is 1. The van der Waals surface area contributed by atoms with E-state index in [9.17, 15) is 0 Å². The van der Waals surface area contributed by atoms with Gasteiger partial charge in [0.2, 0.25) is 0 Å². The van der Waals surface area contributed by atoms with E-state index in [1.807, 2.05) is 0 Å². The fraction of sp³-hybridized carbons (Fsp3) is 0.789. The monoisotopic (exact) mass is 292 g/mol. The van der Waals surface area contributed by atoms with Gasteiger partial charge in [0, 0.05) is 11.9 Å². The normalized spacial score (nSPS) is 12.5. The lowest BCUT2D eigenvalue weighted by Crippen LogP contribution is -2.14. The van der Waals surface area contributed by atoms with Crippen molar-refractivity contribution in [2.24, 2.45) is 15.9 Å². The Hall–Kier alpha value is -0.920. The van der Waals surface area contributed by atoms with Crippen molar-refractivity contribution in [3.63, 3.8) is 0 Å². The van der Waals surface area contributed by atoms with Crippen molar-refractivity contribution < 1.29 is 0 Å². The fourth-order valence-electron chi connectivity index (χ4n) is 2.75. The lowest BCUT2D eigenvalue weighted by molar-refractivity contribution is 0.490. The highest BCUT2D eigenvalue weighted by molar-refractivity contribution is 5.92. The summed E-state index contributed by atoms with van der Waals surface area (Å²) < 4.78 is 0. The maximum Gasteiger partial charge on any atom is 0.115 e. The molecule has 21 heavy (non-hydrogen) atoms. The number of nitrogens with zero attached hydrogens (tertiary/aromatic N) is 2. The van der Waals surface area contributed by atoms with E-state index in [0.29, 0.717) is 5.92 Å². The van der Waals surface area contributed by atoms with Crippen LogP contribution in [-0.4, -0.2) is 12.1 Å². The van der Waals surface area contributed by atoms with Gasteiger partial charge in [0.25, 0.3) is 0 Å². The molecule has 0 radical (unpaired) electrons. The van der Waals surface area contributed by atoms with Gasteiger partial charge in [-0.15, -0.1) is 0 Å². The summed E-state index contributed by atoms with van der Waals surface area (Å²) in [6.45, 7) is 10.4. The summed E-state index contributed by atoms with van der Waals surface area (Å²) in [4.78, 5) is 8.60. The Labute approximate surface area is 132 Å². The first-order chi connectivity index (χ1) is 10.3. The van der Waals surface area contributed by atoms with Crippen molar-refractivity contribution in [3.05, 3.63) is 12.8 Å². The molecule has 0 atom stereocenters. The van der Waals surface area contributed by atoms with E-state index >= 15 is 0 Å². The molecule has 0 rings (SSSR count). The molecule has 0 bridgehead atoms. The molecule has 0 amide bonds. The van der Waals surface area contributed by atoms with Gasteiger partial charge in [0.05, 0.1) is 0 Å². The van der Waals surface area contributed by atoms with E-state index in [2.05, 4.69) is 37.3 Å². The minimum Gasteiger partial charge on any atom is -0.246 e. The average molecular weight is 293 g/mol. The SMILES string of the molecule is C=C/N=C\N=C(/CC)C(CCCCCC)CCCCCC. The molecule has 0 aromatic carbocycles. The Bertz CT molecular complexity index is 280. The van der Waals surface area contributed by atoms with Crippen molar-refractivity contribution in [3.8, 4) is 0 Å². The van der Waals surface area contributed by atoms with Crippen LogP contribution in [0.3, 0.4) is 0 Å². The molecule has 0 fully saturated rings. The first-order valence-electron chi connectivity index (χ1n) is 8.99. The third kappa shape index (κ3) is 11.4. The summed E-state index contributed by atoms with van der Waals surface area (Å²) in [5.74, 6) is 0.653. The zero-order chi connectivity index (χ0) is 15.8. The Kier molecular flexibility index (Phi) is 14.8. The van der Waals surface area contributed by atoms with Gasteiger partial charge in [0.15, 0.2) is 0 Å². The third-order valence-corrected chi connectivity index (χ3v) is 4.04. The topological polar surface area (TPSA) is 24.7 Å². The number of rotatable bonds is 14. The van der Waals surface area contributed by atoms with Gasteiger partial charge in [-0.3, -0.25) is 0 Å². The minimum atomic E-state index is 0.653. The molecule has 0 aliphatic carbocycles. The summed E-state index contributed by atoms with van der Waals surface area (Å²) in [6, 6.07) is 0. The van der Waals surface area contributed by atoms with E-state index in [0.717, 1.165) is 6.42 Å². The van der Waals surface area contributed by atoms with E-state index in [1.165, 1.54) is 69.9 Å². The smallest absolute Gasteiger partial charge is 0.115 e. The van der Waals surface area contributed by atoms with E-state index < -0.39 is 0 Å². The number of unbranched alkanes of at least 4 members (excludes halogenated alkanes) is 6. The van der Waals surface area contributed by atoms with Crippen molar-refractivity contribution in [2.75, 3.05) is 0 Å². The lowest BCUT2D eigenvalue weighted by atomic mass is 9.89. The lowest BCUT2D eigenvalue weighted by Gasteiger charge is -2.18. The van der Waals surface area contributed by atoms with Crippen molar-refractivity contribution in [1.82, 2.24) is 0 Å². The summed E-state index contributed by atoms with van der Waals surface area (Å²) >= 11 is 0. The molecule has 0 saturated carbocycles. The van der Waals surface area contributed by atoms with E-state index in [1.54, 1.807) is 12.5 Å². The zero-order valence-electron chi connectivity index (χ0n) is 14.6.